The van der Waals surface area contributed by atoms with Gasteiger partial charge in [0, 0.05) is 91.9 Å². The minimum Gasteiger partial charge on any atom is -0.459 e. The van der Waals surface area contributed by atoms with Gasteiger partial charge in [0.2, 0.25) is 17.7 Å². The Morgan fingerprint density at radius 3 is 1.04 bits per heavy atom. The molecule has 1 rings (SSSR count). The summed E-state index contributed by atoms with van der Waals surface area (Å²) in [6.07, 6.45) is 1.05. The minimum absolute atomic E-state index is 0.0113. The number of rotatable bonds is 54. The van der Waals surface area contributed by atoms with Crippen LogP contribution in [0.3, 0.4) is 0 Å². The number of carbonyl (C=O) groups excluding carboxylic acids is 8. The Balaban J connectivity index is 2.59. The van der Waals surface area contributed by atoms with Crippen molar-refractivity contribution in [2.45, 2.75) is 182 Å². The van der Waals surface area contributed by atoms with Crippen LogP contribution in [-0.2, 0) is 109 Å². The largest absolute Gasteiger partial charge is 0.459 e. The molecule has 32 heteroatoms. The molecule has 608 valence electrons. The molecule has 2 atom stereocenters. The Kier molecular flexibility index (Phi) is 52.4. The molecule has 0 saturated carbocycles. The van der Waals surface area contributed by atoms with E-state index >= 15 is 0 Å². The molecule has 0 aliphatic carbocycles. The average Bonchev–Trinajstić information content (AvgIpc) is 0.850. The number of unbranched alkanes of at least 4 members (excludes halogenated alkanes) is 1. The minimum atomic E-state index is -0.878. The lowest BCUT2D eigenvalue weighted by Crippen LogP contribution is -2.53. The number of hydrogen-bond donors (Lipinski definition) is 4. The average molecular weight is 1500 g/mol. The van der Waals surface area contributed by atoms with Crippen molar-refractivity contribution in [2.24, 2.45) is 0 Å². The van der Waals surface area contributed by atoms with Gasteiger partial charge in [-0.1, -0.05) is 0 Å². The first-order valence-corrected chi connectivity index (χ1v) is 36.9. The van der Waals surface area contributed by atoms with Gasteiger partial charge < -0.3 is 97.1 Å². The van der Waals surface area contributed by atoms with Crippen molar-refractivity contribution < 1.29 is 114 Å². The third kappa shape index (κ3) is 60.0. The molecule has 1 saturated heterocycles. The van der Waals surface area contributed by atoms with E-state index in [1.807, 2.05) is 19.6 Å². The lowest BCUT2D eigenvalue weighted by Gasteiger charge is -2.37. The fourth-order valence-electron chi connectivity index (χ4n) is 9.60. The van der Waals surface area contributed by atoms with Crippen molar-refractivity contribution in [3.8, 4) is 0 Å². The molecule has 0 aromatic rings. The second kappa shape index (κ2) is 56.2. The summed E-state index contributed by atoms with van der Waals surface area (Å²) in [5.74, 6) is -2.76. The molecule has 0 radical (unpaired) electrons. The number of methoxy groups -OCH3 is 1. The van der Waals surface area contributed by atoms with E-state index in [9.17, 15) is 38.4 Å². The van der Waals surface area contributed by atoms with Gasteiger partial charge in [0.15, 0.2) is 0 Å². The summed E-state index contributed by atoms with van der Waals surface area (Å²) in [5.41, 5.74) is -3.63. The van der Waals surface area contributed by atoms with E-state index in [0.29, 0.717) is 164 Å². The number of alkyl carbamates (subject to hydrolysis) is 1. The number of esters is 4. The molecule has 0 spiro atoms. The van der Waals surface area contributed by atoms with Crippen LogP contribution in [0.25, 0.3) is 0 Å². The van der Waals surface area contributed by atoms with Crippen molar-refractivity contribution in [3.63, 3.8) is 0 Å². The van der Waals surface area contributed by atoms with Crippen molar-refractivity contribution in [2.75, 3.05) is 237 Å². The molecular weight excluding hydrogens is 1360 g/mol. The lowest BCUT2D eigenvalue weighted by atomic mass is 10.1. The summed E-state index contributed by atoms with van der Waals surface area (Å²) < 4.78 is 88.9. The van der Waals surface area contributed by atoms with E-state index in [1.165, 1.54) is 0 Å². The van der Waals surface area contributed by atoms with Gasteiger partial charge in [0.25, 0.3) is 0 Å². The predicted octanol–water partition coefficient (Wildman–Crippen LogP) is 3.34. The molecule has 4 amide bonds. The lowest BCUT2D eigenvalue weighted by molar-refractivity contribution is -0.163. The molecule has 1 aliphatic heterocycles. The van der Waals surface area contributed by atoms with Crippen LogP contribution in [0.4, 0.5) is 4.79 Å². The van der Waals surface area contributed by atoms with Gasteiger partial charge in [-0.2, -0.15) is 0 Å². The number of ether oxygens (including phenoxy) is 16. The fraction of sp³-hybridized carbons (Fsp3) is 0.889. The Bertz CT molecular complexity index is 2280. The summed E-state index contributed by atoms with van der Waals surface area (Å²) in [6.45, 7) is 37.6. The molecule has 1 aliphatic rings. The van der Waals surface area contributed by atoms with Gasteiger partial charge in [-0.05, 0) is 130 Å². The fourth-order valence-corrected chi connectivity index (χ4v) is 9.60. The first kappa shape index (κ1) is 97.0. The standard InChI is InChI=1S/C72H136N8O24/c1-68(2,3)100-62(83)55-77-26-28-78(56-63(84)101-69(4,5)6)30-32-80(33-31-79(29-27-77)57-64(85)102-70(7,8)9)59(66(87)103-71(10,11)12)20-21-60(81)73-24-35-91-40-43-95-48-51-99-52-49-96-44-41-92-36-25-74-65(86)58(19-17-18-23-75-67(88)104-72(13,14)15)76-61(82)22-34-90-39-42-94-47-50-98-54-53-97-46-45-93-38-37-89-16/h58-59H,17-57H2,1-16H3,(H,73,81)(H,74,86)(H,75,88)(H,76,82)/t58-,59?/m1/s1. The van der Waals surface area contributed by atoms with Gasteiger partial charge in [0.1, 0.15) is 40.1 Å². The van der Waals surface area contributed by atoms with Crippen LogP contribution in [0.2, 0.25) is 0 Å². The van der Waals surface area contributed by atoms with Gasteiger partial charge in [-0.25, -0.2) is 4.79 Å². The Hall–Kier alpha value is -5.04. The van der Waals surface area contributed by atoms with Crippen LogP contribution in [0, 0.1) is 0 Å². The summed E-state index contributed by atoms with van der Waals surface area (Å²) in [6, 6.07) is -1.69. The zero-order chi connectivity index (χ0) is 77.7. The number of nitrogens with one attached hydrogen (secondary N) is 4. The van der Waals surface area contributed by atoms with E-state index in [2.05, 4.69) is 21.3 Å². The number of nitrogens with zero attached hydrogens (tertiary/aromatic N) is 4. The maximum atomic E-state index is 14.2. The van der Waals surface area contributed by atoms with E-state index in [4.69, 9.17) is 75.8 Å². The zero-order valence-electron chi connectivity index (χ0n) is 66.2. The van der Waals surface area contributed by atoms with Crippen LogP contribution in [-0.4, -0.2) is 345 Å². The zero-order valence-corrected chi connectivity index (χ0v) is 66.2. The van der Waals surface area contributed by atoms with Crippen molar-refractivity contribution in [1.29, 1.82) is 0 Å². The highest BCUT2D eigenvalue weighted by Gasteiger charge is 2.34. The smallest absolute Gasteiger partial charge is 0.407 e. The molecule has 1 fully saturated rings. The Labute approximate surface area is 620 Å². The first-order chi connectivity index (χ1) is 49.0. The molecule has 104 heavy (non-hydrogen) atoms. The first-order valence-electron chi connectivity index (χ1n) is 36.9. The Morgan fingerprint density at radius 2 is 0.673 bits per heavy atom. The molecule has 1 heterocycles. The van der Waals surface area contributed by atoms with Gasteiger partial charge in [0.05, 0.1) is 158 Å². The second-order valence-corrected chi connectivity index (χ2v) is 29.8. The SMILES string of the molecule is COCCOCCOCCOCCOCCOCCC(=O)N[C@H](CCCCNC(=O)OC(C)(C)C)C(=O)NCCOCCOCCOCCOCCOCCNC(=O)CCC(C(=O)OC(C)(C)C)N1CCN(CC(=O)OC(C)(C)C)CCN(CC(=O)OC(C)(C)C)CCN(CC(=O)OC(C)(C)C)CC1. The highest BCUT2D eigenvalue weighted by Crippen LogP contribution is 2.18. The molecule has 0 aromatic heterocycles. The predicted molar refractivity (Wildman–Crippen MR) is 388 cm³/mol. The molecular formula is C72H136N8O24. The monoisotopic (exact) mass is 1500 g/mol. The summed E-state index contributed by atoms with van der Waals surface area (Å²) >= 11 is 0. The molecule has 0 aromatic carbocycles. The topological polar surface area (TPSA) is 345 Å². The van der Waals surface area contributed by atoms with Gasteiger partial charge >= 0.3 is 30.0 Å². The Morgan fingerprint density at radius 1 is 0.337 bits per heavy atom. The number of amides is 4. The normalized spacial score (nSPS) is 15.0. The van der Waals surface area contributed by atoms with Crippen LogP contribution in [0.15, 0.2) is 0 Å². The van der Waals surface area contributed by atoms with Crippen molar-refractivity contribution in [1.82, 2.24) is 40.9 Å². The van der Waals surface area contributed by atoms with Crippen LogP contribution >= 0.6 is 0 Å². The van der Waals surface area contributed by atoms with Crippen LogP contribution in [0.1, 0.15) is 142 Å². The van der Waals surface area contributed by atoms with Crippen LogP contribution in [0.5, 0.6) is 0 Å². The maximum absolute atomic E-state index is 14.2. The van der Waals surface area contributed by atoms with Crippen LogP contribution < -0.4 is 21.3 Å². The van der Waals surface area contributed by atoms with E-state index in [1.54, 1.807) is 111 Å². The summed E-state index contributed by atoms with van der Waals surface area (Å²) in [5, 5.41) is 11.2. The molecule has 1 unspecified atom stereocenters. The summed E-state index contributed by atoms with van der Waals surface area (Å²) in [4.78, 5) is 113. The number of carbonyl (C=O) groups is 8. The van der Waals surface area contributed by atoms with Gasteiger partial charge in [-0.3, -0.25) is 53.2 Å². The van der Waals surface area contributed by atoms with E-state index in [-0.39, 0.29) is 122 Å². The van der Waals surface area contributed by atoms with Crippen molar-refractivity contribution in [3.05, 3.63) is 0 Å². The van der Waals surface area contributed by atoms with E-state index < -0.39 is 70.1 Å². The highest BCUT2D eigenvalue weighted by atomic mass is 16.6. The van der Waals surface area contributed by atoms with E-state index in [0.717, 1.165) is 0 Å². The van der Waals surface area contributed by atoms with Gasteiger partial charge in [-0.15, -0.1) is 0 Å². The third-order valence-electron chi connectivity index (χ3n) is 14.2. The second-order valence-electron chi connectivity index (χ2n) is 29.8. The number of hydrogen-bond acceptors (Lipinski definition) is 28. The quantitative estimate of drug-likeness (QED) is 0.0385. The highest BCUT2D eigenvalue weighted by molar-refractivity contribution is 5.87. The molecule has 0 bridgehead atoms. The molecule has 32 nitrogen and oxygen atoms in total. The maximum Gasteiger partial charge on any atom is 0.407 e. The summed E-state index contributed by atoms with van der Waals surface area (Å²) in [7, 11) is 1.62. The third-order valence-corrected chi connectivity index (χ3v) is 14.2. The molecule has 4 N–H and O–H groups in total. The van der Waals surface area contributed by atoms with Crippen molar-refractivity contribution >= 4 is 47.7 Å².